The molecule has 3 heterocycles. The summed E-state index contributed by atoms with van der Waals surface area (Å²) in [4.78, 5) is 6.23. The van der Waals surface area contributed by atoms with E-state index in [1.807, 2.05) is 16.0 Å². The summed E-state index contributed by atoms with van der Waals surface area (Å²) in [5.74, 6) is 0.437. The lowest BCUT2D eigenvalue weighted by Crippen LogP contribution is -2.02. The van der Waals surface area contributed by atoms with Gasteiger partial charge in [0.2, 0.25) is 0 Å². The van der Waals surface area contributed by atoms with Crippen LogP contribution in [0.15, 0.2) is 6.20 Å². The Kier molecular flexibility index (Phi) is 3.28. The van der Waals surface area contributed by atoms with Gasteiger partial charge in [-0.1, -0.05) is 5.21 Å². The summed E-state index contributed by atoms with van der Waals surface area (Å²) in [6.07, 6.45) is 7.77. The van der Waals surface area contributed by atoms with Crippen molar-refractivity contribution >= 4 is 11.3 Å². The molecule has 106 valence electrons. The summed E-state index contributed by atoms with van der Waals surface area (Å²) < 4.78 is 7.34. The van der Waals surface area contributed by atoms with Crippen LogP contribution in [0.5, 0.6) is 0 Å². The molecule has 0 N–H and O–H groups in total. The van der Waals surface area contributed by atoms with Gasteiger partial charge in [0.05, 0.1) is 23.0 Å². The minimum atomic E-state index is 0.437. The van der Waals surface area contributed by atoms with Gasteiger partial charge in [0, 0.05) is 36.6 Å². The third-order valence-electron chi connectivity index (χ3n) is 4.10. The fourth-order valence-electron chi connectivity index (χ4n) is 2.94. The molecule has 1 atom stereocenters. The van der Waals surface area contributed by atoms with E-state index in [1.165, 1.54) is 34.8 Å². The van der Waals surface area contributed by atoms with Crippen LogP contribution in [0, 0.1) is 0 Å². The monoisotopic (exact) mass is 290 g/mol. The summed E-state index contributed by atoms with van der Waals surface area (Å²) in [7, 11) is 0. The Morgan fingerprint density at radius 3 is 3.25 bits per heavy atom. The minimum absolute atomic E-state index is 0.437. The van der Waals surface area contributed by atoms with Crippen molar-refractivity contribution in [1.82, 2.24) is 20.0 Å². The van der Waals surface area contributed by atoms with Crippen LogP contribution >= 0.6 is 11.3 Å². The van der Waals surface area contributed by atoms with Crippen LogP contribution < -0.4 is 0 Å². The molecule has 2 aliphatic rings. The number of hydrogen-bond acceptors (Lipinski definition) is 5. The van der Waals surface area contributed by atoms with Gasteiger partial charge in [-0.3, -0.25) is 4.68 Å². The van der Waals surface area contributed by atoms with Crippen LogP contribution in [0.2, 0.25) is 0 Å². The number of fused-ring (bicyclic) bond motifs is 1. The molecule has 0 spiro atoms. The van der Waals surface area contributed by atoms with Crippen LogP contribution in [-0.2, 0) is 30.5 Å². The summed E-state index contributed by atoms with van der Waals surface area (Å²) in [5.41, 5.74) is 2.41. The van der Waals surface area contributed by atoms with E-state index in [-0.39, 0.29) is 0 Å². The van der Waals surface area contributed by atoms with E-state index in [4.69, 9.17) is 9.72 Å². The first-order valence-electron chi connectivity index (χ1n) is 7.34. The quantitative estimate of drug-likeness (QED) is 0.864. The predicted molar refractivity (Wildman–Crippen MR) is 76.0 cm³/mol. The second kappa shape index (κ2) is 5.26. The number of rotatable bonds is 4. The minimum Gasteiger partial charge on any atom is -0.381 e. The average Bonchev–Trinajstić information content (AvgIpc) is 3.19. The lowest BCUT2D eigenvalue weighted by Gasteiger charge is -2.00. The third kappa shape index (κ3) is 2.38. The van der Waals surface area contributed by atoms with Crippen LogP contribution in [-0.4, -0.2) is 33.2 Å². The standard InChI is InChI=1S/C14H18N4OS/c1-2-11-13(3-1)20-14(15-11)4-6-18-8-12(16-17-18)10-5-7-19-9-10/h8,10H,1-7,9H2. The van der Waals surface area contributed by atoms with Crippen molar-refractivity contribution in [1.29, 1.82) is 0 Å². The van der Waals surface area contributed by atoms with Crippen molar-refractivity contribution in [2.75, 3.05) is 13.2 Å². The second-order valence-electron chi connectivity index (χ2n) is 5.55. The van der Waals surface area contributed by atoms with Gasteiger partial charge in [0.25, 0.3) is 0 Å². The molecule has 0 bridgehead atoms. The highest BCUT2D eigenvalue weighted by molar-refractivity contribution is 7.11. The molecule has 1 unspecified atom stereocenters. The molecule has 0 saturated carbocycles. The van der Waals surface area contributed by atoms with Gasteiger partial charge in [-0.05, 0) is 25.7 Å². The van der Waals surface area contributed by atoms with Gasteiger partial charge >= 0.3 is 0 Å². The highest BCUT2D eigenvalue weighted by atomic mass is 32.1. The van der Waals surface area contributed by atoms with E-state index < -0.39 is 0 Å². The smallest absolute Gasteiger partial charge is 0.0949 e. The van der Waals surface area contributed by atoms with Gasteiger partial charge in [-0.25, -0.2) is 4.98 Å². The Hall–Kier alpha value is -1.27. The molecular weight excluding hydrogens is 272 g/mol. The molecule has 1 aliphatic heterocycles. The molecule has 0 amide bonds. The molecule has 1 fully saturated rings. The number of ether oxygens (including phenoxy) is 1. The zero-order valence-electron chi connectivity index (χ0n) is 11.4. The van der Waals surface area contributed by atoms with Crippen LogP contribution in [0.1, 0.15) is 40.0 Å². The normalized spacial score (nSPS) is 21.5. The first-order valence-corrected chi connectivity index (χ1v) is 8.15. The van der Waals surface area contributed by atoms with Crippen molar-refractivity contribution in [3.63, 3.8) is 0 Å². The highest BCUT2D eigenvalue weighted by Gasteiger charge is 2.21. The average molecular weight is 290 g/mol. The van der Waals surface area contributed by atoms with Gasteiger partial charge < -0.3 is 4.74 Å². The molecule has 20 heavy (non-hydrogen) atoms. The predicted octanol–water partition coefficient (Wildman–Crippen LogP) is 1.97. The van der Waals surface area contributed by atoms with E-state index >= 15 is 0 Å². The number of thiazole rings is 1. The Bertz CT molecular complexity index is 579. The molecular formula is C14H18N4OS. The topological polar surface area (TPSA) is 52.8 Å². The number of nitrogens with zero attached hydrogens (tertiary/aromatic N) is 4. The molecule has 1 aliphatic carbocycles. The van der Waals surface area contributed by atoms with E-state index in [0.717, 1.165) is 38.3 Å². The molecule has 2 aromatic rings. The van der Waals surface area contributed by atoms with Crippen molar-refractivity contribution in [3.05, 3.63) is 27.5 Å². The maximum absolute atomic E-state index is 5.40. The summed E-state index contributed by atoms with van der Waals surface area (Å²) in [6, 6.07) is 0. The van der Waals surface area contributed by atoms with Gasteiger partial charge in [-0.15, -0.1) is 16.4 Å². The molecule has 1 saturated heterocycles. The zero-order chi connectivity index (χ0) is 13.4. The van der Waals surface area contributed by atoms with Crippen LogP contribution in [0.4, 0.5) is 0 Å². The molecule has 4 rings (SSSR count). The van der Waals surface area contributed by atoms with Crippen LogP contribution in [0.25, 0.3) is 0 Å². The van der Waals surface area contributed by atoms with Crippen LogP contribution in [0.3, 0.4) is 0 Å². The largest absolute Gasteiger partial charge is 0.381 e. The number of aryl methyl sites for hydroxylation is 4. The van der Waals surface area contributed by atoms with Gasteiger partial charge in [-0.2, -0.15) is 0 Å². The van der Waals surface area contributed by atoms with Crippen molar-refractivity contribution in [2.45, 2.75) is 44.6 Å². The maximum Gasteiger partial charge on any atom is 0.0949 e. The second-order valence-corrected chi connectivity index (χ2v) is 6.72. The molecule has 0 radical (unpaired) electrons. The Balaban J connectivity index is 1.39. The molecule has 5 nitrogen and oxygen atoms in total. The van der Waals surface area contributed by atoms with E-state index in [1.54, 1.807) is 0 Å². The van der Waals surface area contributed by atoms with Gasteiger partial charge in [0.1, 0.15) is 0 Å². The maximum atomic E-state index is 5.40. The van der Waals surface area contributed by atoms with Crippen molar-refractivity contribution in [2.24, 2.45) is 0 Å². The Morgan fingerprint density at radius 2 is 2.40 bits per heavy atom. The van der Waals surface area contributed by atoms with E-state index in [2.05, 4.69) is 16.5 Å². The lowest BCUT2D eigenvalue weighted by atomic mass is 10.1. The van der Waals surface area contributed by atoms with E-state index in [0.29, 0.717) is 5.92 Å². The lowest BCUT2D eigenvalue weighted by molar-refractivity contribution is 0.193. The fourth-order valence-corrected chi connectivity index (χ4v) is 4.08. The Labute approximate surface area is 122 Å². The Morgan fingerprint density at radius 1 is 1.40 bits per heavy atom. The summed E-state index contributed by atoms with van der Waals surface area (Å²) in [5, 5.41) is 9.75. The van der Waals surface area contributed by atoms with Crippen molar-refractivity contribution < 1.29 is 4.74 Å². The molecule has 0 aromatic carbocycles. The summed E-state index contributed by atoms with van der Waals surface area (Å²) in [6.45, 7) is 2.51. The molecule has 6 heteroatoms. The van der Waals surface area contributed by atoms with Gasteiger partial charge in [0.15, 0.2) is 0 Å². The first kappa shape index (κ1) is 12.5. The SMILES string of the molecule is c1c(C2CCOC2)nnn1CCc1nc2c(s1)CCC2. The zero-order valence-corrected chi connectivity index (χ0v) is 12.2. The van der Waals surface area contributed by atoms with E-state index in [9.17, 15) is 0 Å². The third-order valence-corrected chi connectivity index (χ3v) is 5.32. The fraction of sp³-hybridized carbons (Fsp3) is 0.643. The molecule has 2 aromatic heterocycles. The van der Waals surface area contributed by atoms with Crippen molar-refractivity contribution in [3.8, 4) is 0 Å². The number of hydrogen-bond donors (Lipinski definition) is 0. The summed E-state index contributed by atoms with van der Waals surface area (Å²) >= 11 is 1.88. The first-order chi connectivity index (χ1) is 9.88. The number of aromatic nitrogens is 4. The highest BCUT2D eigenvalue weighted by Crippen LogP contribution is 2.28.